The van der Waals surface area contributed by atoms with Gasteiger partial charge in [0.05, 0.1) is 33.2 Å². The van der Waals surface area contributed by atoms with Crippen molar-refractivity contribution < 1.29 is 28.5 Å². The Morgan fingerprint density at radius 1 is 1.11 bits per heavy atom. The van der Waals surface area contributed by atoms with Gasteiger partial charge in [-0.25, -0.2) is 0 Å². The van der Waals surface area contributed by atoms with E-state index < -0.39 is 6.10 Å². The molecule has 2 aromatic rings. The first-order chi connectivity index (χ1) is 13.7. The predicted molar refractivity (Wildman–Crippen MR) is 106 cm³/mol. The maximum absolute atomic E-state index is 10.4. The van der Waals surface area contributed by atoms with Gasteiger partial charge in [0.15, 0.2) is 11.5 Å². The van der Waals surface area contributed by atoms with Crippen molar-refractivity contribution in [2.45, 2.75) is 25.7 Å². The average molecular weight is 393 g/mol. The summed E-state index contributed by atoms with van der Waals surface area (Å²) in [5.74, 6) is 2.14. The number of methoxy groups -OCH3 is 3. The topological polar surface area (TPSA) is 73.5 Å². The molecule has 1 heterocycles. The molecule has 1 aromatic heterocycles. The molecule has 0 unspecified atom stereocenters. The highest BCUT2D eigenvalue weighted by molar-refractivity contribution is 5.42. The van der Waals surface area contributed by atoms with Gasteiger partial charge in [-0.05, 0) is 36.2 Å². The molecule has 0 aliphatic carbocycles. The van der Waals surface area contributed by atoms with Crippen LogP contribution in [0.4, 0.5) is 0 Å². The molecule has 0 aliphatic heterocycles. The Balaban J connectivity index is 1.90. The molecule has 1 aromatic carbocycles. The lowest BCUT2D eigenvalue weighted by Crippen LogP contribution is -2.35. The zero-order chi connectivity index (χ0) is 20.2. The molecule has 0 spiro atoms. The first-order valence-electron chi connectivity index (χ1n) is 9.36. The molecule has 1 atom stereocenters. The van der Waals surface area contributed by atoms with Gasteiger partial charge in [-0.15, -0.1) is 0 Å². The maximum atomic E-state index is 10.4. The number of furan rings is 1. The summed E-state index contributed by atoms with van der Waals surface area (Å²) in [4.78, 5) is 2.18. The number of aliphatic hydroxyl groups excluding tert-OH is 1. The van der Waals surface area contributed by atoms with Crippen molar-refractivity contribution in [2.75, 3.05) is 47.6 Å². The van der Waals surface area contributed by atoms with Crippen LogP contribution >= 0.6 is 0 Å². The van der Waals surface area contributed by atoms with Crippen LogP contribution in [-0.4, -0.2) is 63.7 Å². The molecular weight excluding hydrogens is 362 g/mol. The molecule has 0 radical (unpaired) electrons. The number of hydrogen-bond acceptors (Lipinski definition) is 7. The zero-order valence-corrected chi connectivity index (χ0v) is 16.9. The summed E-state index contributed by atoms with van der Waals surface area (Å²) in [5.41, 5.74) is 1.08. The number of rotatable bonds is 14. The molecule has 2 rings (SSSR count). The Morgan fingerprint density at radius 2 is 1.93 bits per heavy atom. The van der Waals surface area contributed by atoms with E-state index in [2.05, 4.69) is 4.90 Å². The van der Waals surface area contributed by atoms with Gasteiger partial charge in [-0.3, -0.25) is 4.90 Å². The predicted octanol–water partition coefficient (Wildman–Crippen LogP) is 2.71. The van der Waals surface area contributed by atoms with E-state index in [1.807, 2.05) is 30.3 Å². The van der Waals surface area contributed by atoms with Crippen LogP contribution in [0.3, 0.4) is 0 Å². The molecule has 0 amide bonds. The molecule has 156 valence electrons. The van der Waals surface area contributed by atoms with Crippen LogP contribution in [0, 0.1) is 0 Å². The summed E-state index contributed by atoms with van der Waals surface area (Å²) < 4.78 is 26.6. The van der Waals surface area contributed by atoms with Crippen molar-refractivity contribution >= 4 is 0 Å². The van der Waals surface area contributed by atoms with Gasteiger partial charge in [0, 0.05) is 33.4 Å². The fraction of sp³-hybridized carbons (Fsp3) is 0.524. The summed E-state index contributed by atoms with van der Waals surface area (Å²) >= 11 is 0. The number of hydrogen-bond donors (Lipinski definition) is 1. The Hall–Kier alpha value is -2.06. The van der Waals surface area contributed by atoms with E-state index in [1.54, 1.807) is 27.6 Å². The summed E-state index contributed by atoms with van der Waals surface area (Å²) in [6, 6.07) is 9.52. The van der Waals surface area contributed by atoms with Crippen LogP contribution in [0.2, 0.25) is 0 Å². The third-order valence-corrected chi connectivity index (χ3v) is 4.28. The molecule has 0 fully saturated rings. The summed E-state index contributed by atoms with van der Waals surface area (Å²) in [7, 11) is 4.93. The highest BCUT2D eigenvalue weighted by atomic mass is 16.5. The minimum Gasteiger partial charge on any atom is -0.493 e. The molecule has 28 heavy (non-hydrogen) atoms. The molecule has 0 saturated heterocycles. The third kappa shape index (κ3) is 7.52. The van der Waals surface area contributed by atoms with E-state index >= 15 is 0 Å². The monoisotopic (exact) mass is 393 g/mol. The van der Waals surface area contributed by atoms with Crippen molar-refractivity contribution in [3.05, 3.63) is 47.9 Å². The molecule has 0 aliphatic rings. The Kier molecular flexibility index (Phi) is 9.85. The minimum atomic E-state index is -0.599. The average Bonchev–Trinajstić information content (AvgIpc) is 3.21. The van der Waals surface area contributed by atoms with Crippen LogP contribution in [0.1, 0.15) is 17.7 Å². The van der Waals surface area contributed by atoms with Gasteiger partial charge >= 0.3 is 0 Å². The SMILES string of the molecule is COCCCN(Cc1ccc(OC)c(OC)c1)C[C@@H](O)COCc1ccco1. The molecule has 0 bridgehead atoms. The Morgan fingerprint density at radius 3 is 2.61 bits per heavy atom. The quantitative estimate of drug-likeness (QED) is 0.495. The smallest absolute Gasteiger partial charge is 0.161 e. The van der Waals surface area contributed by atoms with Gasteiger partial charge in [-0.1, -0.05) is 6.07 Å². The van der Waals surface area contributed by atoms with Crippen LogP contribution in [0.15, 0.2) is 41.0 Å². The van der Waals surface area contributed by atoms with E-state index in [0.29, 0.717) is 37.8 Å². The van der Waals surface area contributed by atoms with E-state index in [1.165, 1.54) is 0 Å². The standard InChI is InChI=1S/C21H31NO6/c1-24-10-5-9-22(13-17-7-8-20(25-2)21(12-17)26-3)14-18(23)15-27-16-19-6-4-11-28-19/h4,6-8,11-12,18,23H,5,9-10,13-16H2,1-3H3/t18-/m1/s1. The normalized spacial score (nSPS) is 12.3. The van der Waals surface area contributed by atoms with Crippen molar-refractivity contribution in [1.29, 1.82) is 0 Å². The fourth-order valence-corrected chi connectivity index (χ4v) is 2.95. The number of benzene rings is 1. The lowest BCUT2D eigenvalue weighted by Gasteiger charge is -2.25. The highest BCUT2D eigenvalue weighted by Gasteiger charge is 2.14. The Bertz CT molecular complexity index is 661. The number of nitrogens with zero attached hydrogens (tertiary/aromatic N) is 1. The second-order valence-corrected chi connectivity index (χ2v) is 6.52. The van der Waals surface area contributed by atoms with Crippen LogP contribution in [0.5, 0.6) is 11.5 Å². The van der Waals surface area contributed by atoms with E-state index in [4.69, 9.17) is 23.4 Å². The summed E-state index contributed by atoms with van der Waals surface area (Å²) in [6.07, 6.45) is 1.89. The lowest BCUT2D eigenvalue weighted by atomic mass is 10.1. The van der Waals surface area contributed by atoms with E-state index in [-0.39, 0.29) is 6.61 Å². The van der Waals surface area contributed by atoms with Crippen molar-refractivity contribution in [2.24, 2.45) is 0 Å². The molecule has 7 heteroatoms. The third-order valence-electron chi connectivity index (χ3n) is 4.28. The Labute approximate surface area is 166 Å². The van der Waals surface area contributed by atoms with Gasteiger partial charge in [0.25, 0.3) is 0 Å². The van der Waals surface area contributed by atoms with Crippen LogP contribution in [-0.2, 0) is 22.6 Å². The zero-order valence-electron chi connectivity index (χ0n) is 16.9. The molecule has 1 N–H and O–H groups in total. The second-order valence-electron chi connectivity index (χ2n) is 6.52. The minimum absolute atomic E-state index is 0.243. The van der Waals surface area contributed by atoms with Gasteiger partial charge in [0.1, 0.15) is 12.4 Å². The van der Waals surface area contributed by atoms with Crippen LogP contribution < -0.4 is 9.47 Å². The summed E-state index contributed by atoms with van der Waals surface area (Å²) in [6.45, 7) is 3.25. The van der Waals surface area contributed by atoms with E-state index in [9.17, 15) is 5.11 Å². The fourth-order valence-electron chi connectivity index (χ4n) is 2.95. The second kappa shape index (κ2) is 12.4. The number of aliphatic hydroxyl groups is 1. The van der Waals surface area contributed by atoms with Crippen molar-refractivity contribution in [3.63, 3.8) is 0 Å². The van der Waals surface area contributed by atoms with Gasteiger partial charge in [0.2, 0.25) is 0 Å². The first kappa shape index (κ1) is 22.2. The largest absolute Gasteiger partial charge is 0.493 e. The van der Waals surface area contributed by atoms with Gasteiger partial charge in [-0.2, -0.15) is 0 Å². The maximum Gasteiger partial charge on any atom is 0.161 e. The molecule has 7 nitrogen and oxygen atoms in total. The van der Waals surface area contributed by atoms with Crippen LogP contribution in [0.25, 0.3) is 0 Å². The highest BCUT2D eigenvalue weighted by Crippen LogP contribution is 2.28. The summed E-state index contributed by atoms with van der Waals surface area (Å²) in [5, 5.41) is 10.4. The van der Waals surface area contributed by atoms with E-state index in [0.717, 1.165) is 24.3 Å². The van der Waals surface area contributed by atoms with Crippen molar-refractivity contribution in [1.82, 2.24) is 4.90 Å². The number of ether oxygens (including phenoxy) is 4. The van der Waals surface area contributed by atoms with Gasteiger partial charge < -0.3 is 28.5 Å². The molecular formula is C21H31NO6. The lowest BCUT2D eigenvalue weighted by molar-refractivity contribution is 0.00280. The van der Waals surface area contributed by atoms with Crippen molar-refractivity contribution in [3.8, 4) is 11.5 Å². The molecule has 0 saturated carbocycles. The first-order valence-corrected chi connectivity index (χ1v) is 9.36.